The van der Waals surface area contributed by atoms with Crippen LogP contribution in [0.5, 0.6) is 0 Å². The van der Waals surface area contributed by atoms with Crippen molar-refractivity contribution in [1.29, 1.82) is 0 Å². The number of anilines is 2. The first-order valence-electron chi connectivity index (χ1n) is 11.4. The smallest absolute Gasteiger partial charge is 0.412 e. The summed E-state index contributed by atoms with van der Waals surface area (Å²) in [7, 11) is 1.41. The van der Waals surface area contributed by atoms with Crippen molar-refractivity contribution in [3.8, 4) is 0 Å². The summed E-state index contributed by atoms with van der Waals surface area (Å²) in [6.45, 7) is -0.674. The minimum atomic E-state index is -3.95. The molecule has 3 rings (SSSR count). The molecule has 0 spiro atoms. The van der Waals surface area contributed by atoms with Crippen LogP contribution in [-0.2, 0) is 28.5 Å². The second-order valence-corrected chi connectivity index (χ2v) is 8.00. The van der Waals surface area contributed by atoms with E-state index in [0.29, 0.717) is 10.3 Å². The highest BCUT2D eigenvalue weighted by Crippen LogP contribution is 2.42. The van der Waals surface area contributed by atoms with Gasteiger partial charge in [0.25, 0.3) is 0 Å². The molecule has 1 aliphatic heterocycles. The van der Waals surface area contributed by atoms with Crippen LogP contribution in [-0.4, -0.2) is 77.7 Å². The van der Waals surface area contributed by atoms with Gasteiger partial charge in [-0.05, 0) is 18.2 Å². The van der Waals surface area contributed by atoms with Crippen LogP contribution in [0.15, 0.2) is 47.4 Å². The van der Waals surface area contributed by atoms with E-state index in [0.717, 1.165) is 12.3 Å². The number of rotatable bonds is 11. The van der Waals surface area contributed by atoms with Crippen LogP contribution in [0.1, 0.15) is 19.1 Å². The first-order valence-corrected chi connectivity index (χ1v) is 11.4. The average Bonchev–Trinajstić information content (AvgIpc) is 3.10. The largest absolute Gasteiger partial charge is 0.463 e. The molecule has 2 aromatic rings. The summed E-state index contributed by atoms with van der Waals surface area (Å²) in [4.78, 5) is 51.4. The summed E-state index contributed by atoms with van der Waals surface area (Å²) in [6, 6.07) is 9.58. The summed E-state index contributed by atoms with van der Waals surface area (Å²) in [5.41, 5.74) is -0.671. The van der Waals surface area contributed by atoms with Crippen molar-refractivity contribution < 1.29 is 47.2 Å². The lowest BCUT2D eigenvalue weighted by atomic mass is 10.1. The number of amides is 2. The van der Waals surface area contributed by atoms with Crippen molar-refractivity contribution in [2.75, 3.05) is 37.6 Å². The number of halogens is 2. The molecule has 3 N–H and O–H groups in total. The van der Waals surface area contributed by atoms with E-state index in [9.17, 15) is 33.1 Å². The molecule has 2 amide bonds. The lowest BCUT2D eigenvalue weighted by Crippen LogP contribution is -2.42. The van der Waals surface area contributed by atoms with Crippen molar-refractivity contribution >= 4 is 29.5 Å². The number of para-hydroxylation sites is 1. The fourth-order valence-electron chi connectivity index (χ4n) is 3.33. The normalized spacial score (nSPS) is 19.9. The van der Waals surface area contributed by atoms with Crippen molar-refractivity contribution in [2.45, 2.75) is 37.2 Å². The number of alkyl halides is 2. The molecule has 1 aliphatic rings. The molecule has 1 aromatic heterocycles. The van der Waals surface area contributed by atoms with Crippen molar-refractivity contribution in [2.24, 2.45) is 0 Å². The number of methoxy groups -OCH3 is 1. The van der Waals surface area contributed by atoms with Crippen LogP contribution < -0.4 is 16.3 Å². The predicted octanol–water partition coefficient (Wildman–Crippen LogP) is 1.29. The van der Waals surface area contributed by atoms with Gasteiger partial charge in [0.1, 0.15) is 25.1 Å². The number of benzene rings is 1. The zero-order valence-electron chi connectivity index (χ0n) is 20.2. The molecular formula is C23H26F2N4O9. The van der Waals surface area contributed by atoms with Crippen LogP contribution in [0.4, 0.5) is 25.1 Å². The third-order valence-corrected chi connectivity index (χ3v) is 5.24. The molecule has 1 fully saturated rings. The van der Waals surface area contributed by atoms with Crippen LogP contribution in [0.3, 0.4) is 0 Å². The van der Waals surface area contributed by atoms with E-state index in [1.807, 2.05) is 0 Å². The van der Waals surface area contributed by atoms with Crippen LogP contribution in [0.2, 0.25) is 0 Å². The fraction of sp³-hybridized carbons (Fsp3) is 0.435. The fourth-order valence-corrected chi connectivity index (χ4v) is 3.33. The van der Waals surface area contributed by atoms with E-state index in [1.165, 1.54) is 7.11 Å². The standard InChI is InChI=1S/C23H26F2N4O9/c1-35-11-12-36-22(34)28-16-9-10-29(21(33)27-16)20-23(24,25)19(32)15(38-20)13-37-18(31)8-7-17(30)26-14-5-3-2-4-6-14/h2-6,9-10,15,19-20,32H,7-8,11-13H2,1H3,(H,26,30)(H,27,28,33,34)/t15-,19-,20-/m1/s1. The third-order valence-electron chi connectivity index (χ3n) is 5.24. The summed E-state index contributed by atoms with van der Waals surface area (Å²) in [5.74, 6) is -5.55. The third kappa shape index (κ3) is 7.53. The van der Waals surface area contributed by atoms with Gasteiger partial charge in [-0.15, -0.1) is 0 Å². The Hall–Kier alpha value is -3.95. The monoisotopic (exact) mass is 540 g/mol. The van der Waals surface area contributed by atoms with Gasteiger partial charge < -0.3 is 29.4 Å². The van der Waals surface area contributed by atoms with Gasteiger partial charge in [-0.25, -0.2) is 9.59 Å². The Morgan fingerprint density at radius 3 is 2.53 bits per heavy atom. The van der Waals surface area contributed by atoms with Crippen LogP contribution in [0, 0.1) is 0 Å². The number of nitrogens with one attached hydrogen (secondary N) is 2. The number of hydrogen-bond acceptors (Lipinski definition) is 10. The second-order valence-electron chi connectivity index (χ2n) is 8.00. The number of nitrogens with zero attached hydrogens (tertiary/aromatic N) is 2. The van der Waals surface area contributed by atoms with Crippen molar-refractivity contribution in [1.82, 2.24) is 9.55 Å². The maximum atomic E-state index is 14.7. The maximum Gasteiger partial charge on any atom is 0.412 e. The highest BCUT2D eigenvalue weighted by atomic mass is 19.3. The average molecular weight is 540 g/mol. The second kappa shape index (κ2) is 13.0. The maximum absolute atomic E-state index is 14.7. The van der Waals surface area contributed by atoms with Gasteiger partial charge in [0, 0.05) is 25.4 Å². The van der Waals surface area contributed by atoms with Gasteiger partial charge in [-0.3, -0.25) is 19.5 Å². The molecule has 2 heterocycles. The minimum absolute atomic E-state index is 0.0632. The first kappa shape index (κ1) is 28.6. The van der Waals surface area contributed by atoms with Gasteiger partial charge in [0.2, 0.25) is 12.1 Å². The molecule has 0 unspecified atom stereocenters. The van der Waals surface area contributed by atoms with Gasteiger partial charge in [0.05, 0.1) is 13.0 Å². The number of aliphatic hydroxyl groups is 1. The molecule has 3 atom stereocenters. The van der Waals surface area contributed by atoms with Gasteiger partial charge in [0.15, 0.2) is 6.10 Å². The number of aliphatic hydroxyl groups excluding tert-OH is 1. The Kier molecular flexibility index (Phi) is 9.81. The molecule has 38 heavy (non-hydrogen) atoms. The molecular weight excluding hydrogens is 514 g/mol. The van der Waals surface area contributed by atoms with E-state index >= 15 is 0 Å². The SMILES string of the molecule is COCCOC(=O)Nc1ccn([C@@H]2O[C@H](COC(=O)CCC(=O)Nc3ccccc3)[C@@H](O)C2(F)F)c(=O)n1. The summed E-state index contributed by atoms with van der Waals surface area (Å²) in [6.07, 6.45) is -6.95. The predicted molar refractivity (Wildman–Crippen MR) is 125 cm³/mol. The number of esters is 1. The topological polar surface area (TPSA) is 167 Å². The van der Waals surface area contributed by atoms with Crippen LogP contribution >= 0.6 is 0 Å². The number of carbonyl (C=O) groups excluding carboxylic acids is 3. The van der Waals surface area contributed by atoms with E-state index < -0.39 is 54.6 Å². The number of hydrogen-bond donors (Lipinski definition) is 3. The van der Waals surface area contributed by atoms with Gasteiger partial charge in [-0.2, -0.15) is 13.8 Å². The highest BCUT2D eigenvalue weighted by molar-refractivity contribution is 5.92. The highest BCUT2D eigenvalue weighted by Gasteiger charge is 2.60. The van der Waals surface area contributed by atoms with Gasteiger partial charge >= 0.3 is 23.7 Å². The summed E-state index contributed by atoms with van der Waals surface area (Å²) >= 11 is 0. The summed E-state index contributed by atoms with van der Waals surface area (Å²) < 4.78 is 49.4. The lowest BCUT2D eigenvalue weighted by Gasteiger charge is -2.21. The molecule has 13 nitrogen and oxygen atoms in total. The molecule has 0 saturated carbocycles. The molecule has 0 aliphatic carbocycles. The Balaban J connectivity index is 1.53. The quantitative estimate of drug-likeness (QED) is 0.279. The number of aromatic nitrogens is 2. The lowest BCUT2D eigenvalue weighted by molar-refractivity contribution is -0.151. The Labute approximate surface area is 214 Å². The van der Waals surface area contributed by atoms with Crippen molar-refractivity contribution in [3.05, 3.63) is 53.1 Å². The molecule has 1 saturated heterocycles. The van der Waals surface area contributed by atoms with Crippen molar-refractivity contribution in [3.63, 3.8) is 0 Å². The Morgan fingerprint density at radius 2 is 1.84 bits per heavy atom. The minimum Gasteiger partial charge on any atom is -0.463 e. The molecule has 1 aromatic carbocycles. The van der Waals surface area contributed by atoms with Crippen LogP contribution in [0.25, 0.3) is 0 Å². The summed E-state index contributed by atoms with van der Waals surface area (Å²) in [5, 5.41) is 14.8. The van der Waals surface area contributed by atoms with E-state index in [4.69, 9.17) is 18.9 Å². The zero-order chi connectivity index (χ0) is 27.7. The van der Waals surface area contributed by atoms with E-state index in [2.05, 4.69) is 15.6 Å². The van der Waals surface area contributed by atoms with E-state index in [1.54, 1.807) is 30.3 Å². The molecule has 0 radical (unpaired) electrons. The Morgan fingerprint density at radius 1 is 1.11 bits per heavy atom. The zero-order valence-corrected chi connectivity index (χ0v) is 20.2. The Bertz CT molecular complexity index is 1180. The van der Waals surface area contributed by atoms with Gasteiger partial charge in [-0.1, -0.05) is 18.2 Å². The molecule has 0 bridgehead atoms. The van der Waals surface area contributed by atoms with E-state index in [-0.39, 0.29) is 31.9 Å². The number of ether oxygens (including phenoxy) is 4. The first-order chi connectivity index (χ1) is 18.1. The number of carbonyl (C=O) groups is 3. The molecule has 15 heteroatoms. The molecule has 206 valence electrons.